The highest BCUT2D eigenvalue weighted by atomic mass is 127. The molecule has 1 saturated heterocycles. The molecule has 3 N–H and O–H groups in total. The van der Waals surface area contributed by atoms with Crippen LogP contribution in [0.15, 0.2) is 4.99 Å². The molecule has 2 fully saturated rings. The normalized spacial score (nSPS) is 20.5. The maximum Gasteiger partial charge on any atom is 0.410 e. The molecule has 0 aromatic carbocycles. The number of ether oxygens (including phenoxy) is 1. The molecule has 1 aliphatic heterocycles. The van der Waals surface area contributed by atoms with Crippen molar-refractivity contribution in [2.24, 2.45) is 10.9 Å². The van der Waals surface area contributed by atoms with Gasteiger partial charge in [0.1, 0.15) is 5.60 Å². The fourth-order valence-corrected chi connectivity index (χ4v) is 4.36. The van der Waals surface area contributed by atoms with Gasteiger partial charge in [-0.15, -0.1) is 24.0 Å². The molecule has 182 valence electrons. The molecule has 31 heavy (non-hydrogen) atoms. The van der Waals surface area contributed by atoms with Crippen molar-refractivity contribution in [2.75, 3.05) is 38.5 Å². The summed E-state index contributed by atoms with van der Waals surface area (Å²) < 4.78 is 32.5. The Morgan fingerprint density at radius 2 is 1.90 bits per heavy atom. The number of nitrogens with zero attached hydrogens (tertiary/aromatic N) is 2. The van der Waals surface area contributed by atoms with Crippen LogP contribution in [-0.4, -0.2) is 75.5 Å². The molecule has 0 aromatic rings. The number of guanidine groups is 1. The molecule has 1 amide bonds. The standard InChI is InChI=1S/C20H39N5O4S.HI/c1-5-21-18(22-11-13-30(27,28)23-14-16-8-6-9-16)24-17-10-7-12-25(15-17)19(26)29-20(2,3)4;/h16-17,23H,5-15H2,1-4H3,(H2,21,22,24);1H. The lowest BCUT2D eigenvalue weighted by atomic mass is 9.86. The molecule has 1 aliphatic carbocycles. The molecule has 0 aromatic heterocycles. The van der Waals surface area contributed by atoms with Crippen molar-refractivity contribution in [1.29, 1.82) is 0 Å². The summed E-state index contributed by atoms with van der Waals surface area (Å²) in [6.07, 6.45) is 4.88. The minimum Gasteiger partial charge on any atom is -0.444 e. The SMILES string of the molecule is CCNC(=NCCS(=O)(=O)NCC1CCC1)NC1CCCN(C(=O)OC(C)(C)C)C1.I. The average molecular weight is 574 g/mol. The molecule has 1 unspecified atom stereocenters. The van der Waals surface area contributed by atoms with E-state index in [0.717, 1.165) is 25.7 Å². The van der Waals surface area contributed by atoms with Gasteiger partial charge in [0.2, 0.25) is 10.0 Å². The van der Waals surface area contributed by atoms with Crippen LogP contribution in [0.3, 0.4) is 0 Å². The van der Waals surface area contributed by atoms with Crippen LogP contribution in [0.1, 0.15) is 59.8 Å². The first-order chi connectivity index (χ1) is 14.1. The van der Waals surface area contributed by atoms with Crippen molar-refractivity contribution in [3.8, 4) is 0 Å². The second-order valence-electron chi connectivity index (χ2n) is 9.13. The van der Waals surface area contributed by atoms with Gasteiger partial charge in [0.05, 0.1) is 12.3 Å². The Labute approximate surface area is 204 Å². The lowest BCUT2D eigenvalue weighted by Gasteiger charge is -2.35. The highest BCUT2D eigenvalue weighted by Gasteiger charge is 2.28. The number of hydrogen-bond acceptors (Lipinski definition) is 5. The van der Waals surface area contributed by atoms with Gasteiger partial charge in [-0.2, -0.15) is 0 Å². The number of carbonyl (C=O) groups excluding carboxylic acids is 1. The van der Waals surface area contributed by atoms with E-state index in [1.54, 1.807) is 4.90 Å². The van der Waals surface area contributed by atoms with E-state index in [0.29, 0.717) is 38.1 Å². The number of carbonyl (C=O) groups is 1. The summed E-state index contributed by atoms with van der Waals surface area (Å²) in [5.74, 6) is 1.02. The Kier molecular flexibility index (Phi) is 11.9. The maximum absolute atomic E-state index is 12.3. The topological polar surface area (TPSA) is 112 Å². The molecule has 0 radical (unpaired) electrons. The summed E-state index contributed by atoms with van der Waals surface area (Å²) >= 11 is 0. The summed E-state index contributed by atoms with van der Waals surface area (Å²) in [5, 5.41) is 6.49. The third-order valence-electron chi connectivity index (χ3n) is 5.20. The molecule has 11 heteroatoms. The van der Waals surface area contributed by atoms with Crippen LogP contribution in [0.2, 0.25) is 0 Å². The Morgan fingerprint density at radius 3 is 2.48 bits per heavy atom. The lowest BCUT2D eigenvalue weighted by molar-refractivity contribution is 0.0193. The van der Waals surface area contributed by atoms with Gasteiger partial charge >= 0.3 is 6.09 Å². The number of nitrogens with one attached hydrogen (secondary N) is 3. The zero-order valence-corrected chi connectivity index (χ0v) is 22.4. The van der Waals surface area contributed by atoms with Gasteiger partial charge in [-0.05, 0) is 59.3 Å². The van der Waals surface area contributed by atoms with Gasteiger partial charge in [0.15, 0.2) is 5.96 Å². The second-order valence-corrected chi connectivity index (χ2v) is 11.1. The van der Waals surface area contributed by atoms with Crippen molar-refractivity contribution in [2.45, 2.75) is 71.4 Å². The molecule has 2 aliphatic rings. The first kappa shape index (κ1) is 28.2. The molecule has 1 heterocycles. The van der Waals surface area contributed by atoms with Crippen LogP contribution >= 0.6 is 24.0 Å². The third kappa shape index (κ3) is 11.0. The molecular weight excluding hydrogens is 533 g/mol. The number of sulfonamides is 1. The van der Waals surface area contributed by atoms with Crippen LogP contribution in [0, 0.1) is 5.92 Å². The number of likely N-dealkylation sites (tertiary alicyclic amines) is 1. The van der Waals surface area contributed by atoms with Gasteiger partial charge in [-0.1, -0.05) is 6.42 Å². The molecule has 1 saturated carbocycles. The largest absolute Gasteiger partial charge is 0.444 e. The molecule has 1 atom stereocenters. The van der Waals surface area contributed by atoms with Crippen LogP contribution < -0.4 is 15.4 Å². The Bertz CT molecular complexity index is 692. The molecule has 9 nitrogen and oxygen atoms in total. The fraction of sp³-hybridized carbons (Fsp3) is 0.900. The van der Waals surface area contributed by atoms with Crippen molar-refractivity contribution in [3.63, 3.8) is 0 Å². The summed E-state index contributed by atoms with van der Waals surface area (Å²) in [4.78, 5) is 18.5. The van der Waals surface area contributed by atoms with E-state index >= 15 is 0 Å². The van der Waals surface area contributed by atoms with Crippen LogP contribution in [0.5, 0.6) is 0 Å². The van der Waals surface area contributed by atoms with Crippen LogP contribution in [0.4, 0.5) is 4.79 Å². The number of rotatable bonds is 8. The molecular formula is C20H40IN5O4S. The maximum atomic E-state index is 12.3. The monoisotopic (exact) mass is 573 g/mol. The summed E-state index contributed by atoms with van der Waals surface area (Å²) in [7, 11) is -3.32. The van der Waals surface area contributed by atoms with E-state index in [1.807, 2.05) is 27.7 Å². The van der Waals surface area contributed by atoms with Gasteiger partial charge in [-0.3, -0.25) is 4.99 Å². The zero-order valence-electron chi connectivity index (χ0n) is 19.3. The van der Waals surface area contributed by atoms with Gasteiger partial charge in [-0.25, -0.2) is 17.9 Å². The molecule has 2 rings (SSSR count). The second kappa shape index (κ2) is 13.0. The minimum atomic E-state index is -3.32. The van der Waals surface area contributed by atoms with E-state index < -0.39 is 15.6 Å². The average Bonchev–Trinajstić information content (AvgIpc) is 2.59. The van der Waals surface area contributed by atoms with E-state index in [4.69, 9.17) is 4.74 Å². The number of hydrogen-bond donors (Lipinski definition) is 3. The highest BCUT2D eigenvalue weighted by Crippen LogP contribution is 2.25. The van der Waals surface area contributed by atoms with Crippen molar-refractivity contribution in [1.82, 2.24) is 20.3 Å². The first-order valence-corrected chi connectivity index (χ1v) is 12.7. The van der Waals surface area contributed by atoms with Crippen LogP contribution in [-0.2, 0) is 14.8 Å². The smallest absolute Gasteiger partial charge is 0.410 e. The lowest BCUT2D eigenvalue weighted by Crippen LogP contribution is -2.53. The quantitative estimate of drug-likeness (QED) is 0.234. The third-order valence-corrected chi connectivity index (χ3v) is 6.53. The van der Waals surface area contributed by atoms with E-state index in [-0.39, 0.29) is 48.4 Å². The van der Waals surface area contributed by atoms with Crippen molar-refractivity contribution < 1.29 is 17.9 Å². The van der Waals surface area contributed by atoms with Gasteiger partial charge in [0, 0.05) is 32.2 Å². The summed E-state index contributed by atoms with van der Waals surface area (Å²) in [6.45, 7) is 10.1. The van der Waals surface area contributed by atoms with E-state index in [1.165, 1.54) is 6.42 Å². The number of piperidine rings is 1. The summed E-state index contributed by atoms with van der Waals surface area (Å²) in [5.41, 5.74) is -0.522. The fourth-order valence-electron chi connectivity index (χ4n) is 3.39. The number of halogens is 1. The number of amides is 1. The predicted octanol–water partition coefficient (Wildman–Crippen LogP) is 2.28. The molecule has 0 spiro atoms. The highest BCUT2D eigenvalue weighted by molar-refractivity contribution is 14.0. The van der Waals surface area contributed by atoms with Gasteiger partial charge < -0.3 is 20.3 Å². The minimum absolute atomic E-state index is 0. The number of aliphatic imine (C=N–C) groups is 1. The van der Waals surface area contributed by atoms with Crippen molar-refractivity contribution >= 4 is 46.1 Å². The first-order valence-electron chi connectivity index (χ1n) is 11.1. The molecule has 0 bridgehead atoms. The Balaban J connectivity index is 0.00000480. The van der Waals surface area contributed by atoms with E-state index in [9.17, 15) is 13.2 Å². The predicted molar refractivity (Wildman–Crippen MR) is 134 cm³/mol. The van der Waals surface area contributed by atoms with Gasteiger partial charge in [0.25, 0.3) is 0 Å². The van der Waals surface area contributed by atoms with E-state index in [2.05, 4.69) is 20.3 Å². The van der Waals surface area contributed by atoms with Crippen molar-refractivity contribution in [3.05, 3.63) is 0 Å². The Hall–Kier alpha value is -0.820. The Morgan fingerprint density at radius 1 is 1.19 bits per heavy atom. The zero-order chi connectivity index (χ0) is 22.2. The van der Waals surface area contributed by atoms with Crippen LogP contribution in [0.25, 0.3) is 0 Å². The summed E-state index contributed by atoms with van der Waals surface area (Å²) in [6, 6.07) is 0.0393.